The number of piperidine rings is 1. The van der Waals surface area contributed by atoms with E-state index < -0.39 is 11.4 Å². The SMILES string of the molecule is COCCC1(C(=O)O)CCN(Cc2cnc3c(F)cccc3c2)CC1. The largest absolute Gasteiger partial charge is 0.481 e. The van der Waals surface area contributed by atoms with Crippen LogP contribution in [0.1, 0.15) is 24.8 Å². The fourth-order valence-corrected chi connectivity index (χ4v) is 3.52. The maximum atomic E-state index is 13.7. The van der Waals surface area contributed by atoms with Crippen molar-refractivity contribution in [1.82, 2.24) is 9.88 Å². The van der Waals surface area contributed by atoms with Gasteiger partial charge < -0.3 is 9.84 Å². The number of methoxy groups -OCH3 is 1. The Morgan fingerprint density at radius 1 is 1.40 bits per heavy atom. The number of para-hydroxylation sites is 1. The van der Waals surface area contributed by atoms with Crippen molar-refractivity contribution in [2.75, 3.05) is 26.8 Å². The number of aliphatic carboxylic acids is 1. The second kappa shape index (κ2) is 7.45. The molecule has 2 aromatic rings. The van der Waals surface area contributed by atoms with Gasteiger partial charge in [-0.3, -0.25) is 14.7 Å². The molecule has 1 saturated heterocycles. The molecule has 1 fully saturated rings. The zero-order valence-electron chi connectivity index (χ0n) is 14.4. The van der Waals surface area contributed by atoms with Crippen LogP contribution in [-0.4, -0.2) is 47.8 Å². The number of rotatable bonds is 6. The molecule has 0 saturated carbocycles. The van der Waals surface area contributed by atoms with Crippen molar-refractivity contribution in [3.05, 3.63) is 41.8 Å². The van der Waals surface area contributed by atoms with Crippen LogP contribution in [0.4, 0.5) is 4.39 Å². The molecule has 0 radical (unpaired) electrons. The Bertz CT molecular complexity index is 757. The van der Waals surface area contributed by atoms with Crippen LogP contribution in [-0.2, 0) is 16.1 Å². The molecule has 1 aliphatic heterocycles. The molecule has 1 aliphatic rings. The van der Waals surface area contributed by atoms with Gasteiger partial charge in [0.1, 0.15) is 11.3 Å². The molecule has 25 heavy (non-hydrogen) atoms. The molecule has 3 rings (SSSR count). The van der Waals surface area contributed by atoms with Gasteiger partial charge in [-0.15, -0.1) is 0 Å². The van der Waals surface area contributed by atoms with E-state index in [1.165, 1.54) is 6.07 Å². The number of benzene rings is 1. The number of fused-ring (bicyclic) bond motifs is 1. The van der Waals surface area contributed by atoms with Gasteiger partial charge in [0.2, 0.25) is 0 Å². The van der Waals surface area contributed by atoms with Crippen molar-refractivity contribution >= 4 is 16.9 Å². The van der Waals surface area contributed by atoms with E-state index in [-0.39, 0.29) is 5.82 Å². The summed E-state index contributed by atoms with van der Waals surface area (Å²) in [4.78, 5) is 18.2. The summed E-state index contributed by atoms with van der Waals surface area (Å²) in [5, 5.41) is 10.4. The number of ether oxygens (including phenoxy) is 1. The summed E-state index contributed by atoms with van der Waals surface area (Å²) in [5.74, 6) is -1.04. The van der Waals surface area contributed by atoms with E-state index in [1.807, 2.05) is 12.1 Å². The number of nitrogens with zero attached hydrogens (tertiary/aromatic N) is 2. The highest BCUT2D eigenvalue weighted by Gasteiger charge is 2.41. The van der Waals surface area contributed by atoms with Crippen molar-refractivity contribution in [2.24, 2.45) is 5.41 Å². The maximum absolute atomic E-state index is 13.7. The number of hydrogen-bond acceptors (Lipinski definition) is 4. The summed E-state index contributed by atoms with van der Waals surface area (Å²) in [6.07, 6.45) is 3.47. The average Bonchev–Trinajstić information content (AvgIpc) is 2.61. The first-order chi connectivity index (χ1) is 12.0. The van der Waals surface area contributed by atoms with Crippen molar-refractivity contribution in [2.45, 2.75) is 25.8 Å². The van der Waals surface area contributed by atoms with Crippen molar-refractivity contribution in [3.63, 3.8) is 0 Å². The van der Waals surface area contributed by atoms with E-state index in [9.17, 15) is 14.3 Å². The Labute approximate surface area is 146 Å². The summed E-state index contributed by atoms with van der Waals surface area (Å²) in [6, 6.07) is 6.90. The number of hydrogen-bond donors (Lipinski definition) is 1. The third-order valence-electron chi connectivity index (χ3n) is 5.18. The molecular weight excluding hydrogens is 323 g/mol. The third kappa shape index (κ3) is 3.80. The molecule has 2 heterocycles. The van der Waals surface area contributed by atoms with Gasteiger partial charge in [0.15, 0.2) is 0 Å². The predicted octanol–water partition coefficient (Wildman–Crippen LogP) is 3.08. The highest BCUT2D eigenvalue weighted by atomic mass is 19.1. The first-order valence-corrected chi connectivity index (χ1v) is 8.52. The average molecular weight is 346 g/mol. The van der Waals surface area contributed by atoms with Crippen LogP contribution in [0.5, 0.6) is 0 Å². The molecule has 0 unspecified atom stereocenters. The van der Waals surface area contributed by atoms with Gasteiger partial charge in [-0.25, -0.2) is 4.39 Å². The molecule has 134 valence electrons. The second-order valence-electron chi connectivity index (χ2n) is 6.76. The summed E-state index contributed by atoms with van der Waals surface area (Å²) < 4.78 is 18.8. The molecule has 1 N–H and O–H groups in total. The molecule has 0 aliphatic carbocycles. The normalized spacial score (nSPS) is 17.7. The zero-order valence-corrected chi connectivity index (χ0v) is 14.4. The van der Waals surface area contributed by atoms with E-state index >= 15 is 0 Å². The van der Waals surface area contributed by atoms with Crippen molar-refractivity contribution in [1.29, 1.82) is 0 Å². The monoisotopic (exact) mass is 346 g/mol. The van der Waals surface area contributed by atoms with Crippen LogP contribution in [0, 0.1) is 11.2 Å². The van der Waals surface area contributed by atoms with Crippen LogP contribution in [0.25, 0.3) is 10.9 Å². The molecule has 0 bridgehead atoms. The predicted molar refractivity (Wildman–Crippen MR) is 92.8 cm³/mol. The van der Waals surface area contributed by atoms with Crippen LogP contribution >= 0.6 is 0 Å². The fraction of sp³-hybridized carbons (Fsp3) is 0.474. The Morgan fingerprint density at radius 3 is 2.84 bits per heavy atom. The van der Waals surface area contributed by atoms with Gasteiger partial charge in [-0.05, 0) is 50.0 Å². The molecule has 0 amide bonds. The van der Waals surface area contributed by atoms with Gasteiger partial charge >= 0.3 is 5.97 Å². The van der Waals surface area contributed by atoms with Gasteiger partial charge in [-0.1, -0.05) is 12.1 Å². The minimum atomic E-state index is -0.730. The molecule has 0 spiro atoms. The number of likely N-dealkylation sites (tertiary alicyclic amines) is 1. The minimum absolute atomic E-state index is 0.314. The van der Waals surface area contributed by atoms with Crippen molar-refractivity contribution < 1.29 is 19.0 Å². The standard InChI is InChI=1S/C19H23FN2O3/c1-25-10-7-19(18(23)24)5-8-22(9-6-19)13-14-11-15-3-2-4-16(20)17(15)21-12-14/h2-4,11-12H,5-10,13H2,1H3,(H,23,24). The summed E-state index contributed by atoms with van der Waals surface area (Å²) in [7, 11) is 1.60. The highest BCUT2D eigenvalue weighted by molar-refractivity contribution is 5.79. The minimum Gasteiger partial charge on any atom is -0.481 e. The molecule has 6 heteroatoms. The van der Waals surface area contributed by atoms with E-state index in [0.717, 1.165) is 24.0 Å². The van der Waals surface area contributed by atoms with E-state index in [1.54, 1.807) is 19.4 Å². The highest BCUT2D eigenvalue weighted by Crippen LogP contribution is 2.36. The number of carboxylic acid groups (broad SMARTS) is 1. The molecule has 5 nitrogen and oxygen atoms in total. The van der Waals surface area contributed by atoms with Crippen LogP contribution in [0.3, 0.4) is 0 Å². The Morgan fingerprint density at radius 2 is 2.16 bits per heavy atom. The van der Waals surface area contributed by atoms with Gasteiger partial charge in [-0.2, -0.15) is 0 Å². The summed E-state index contributed by atoms with van der Waals surface area (Å²) in [6.45, 7) is 2.60. The van der Waals surface area contributed by atoms with E-state index in [4.69, 9.17) is 4.74 Å². The van der Waals surface area contributed by atoms with Crippen LogP contribution in [0.2, 0.25) is 0 Å². The zero-order chi connectivity index (χ0) is 17.9. The lowest BCUT2D eigenvalue weighted by Gasteiger charge is -2.38. The first kappa shape index (κ1) is 17.8. The number of carboxylic acids is 1. The lowest BCUT2D eigenvalue weighted by atomic mass is 9.76. The fourth-order valence-electron chi connectivity index (χ4n) is 3.52. The Hall–Kier alpha value is -2.05. The molecule has 0 atom stereocenters. The maximum Gasteiger partial charge on any atom is 0.309 e. The first-order valence-electron chi connectivity index (χ1n) is 8.52. The number of carbonyl (C=O) groups is 1. The number of halogens is 1. The molecule has 1 aromatic heterocycles. The molecular formula is C19H23FN2O3. The van der Waals surface area contributed by atoms with Crippen LogP contribution in [0.15, 0.2) is 30.5 Å². The van der Waals surface area contributed by atoms with Crippen LogP contribution < -0.4 is 0 Å². The lowest BCUT2D eigenvalue weighted by molar-refractivity contribution is -0.153. The van der Waals surface area contributed by atoms with Gasteiger partial charge in [0.25, 0.3) is 0 Å². The molecule has 1 aromatic carbocycles. The number of pyridine rings is 1. The lowest BCUT2D eigenvalue weighted by Crippen LogP contribution is -2.44. The third-order valence-corrected chi connectivity index (χ3v) is 5.18. The van der Waals surface area contributed by atoms with Gasteiger partial charge in [0.05, 0.1) is 5.41 Å². The summed E-state index contributed by atoms with van der Waals surface area (Å²) >= 11 is 0. The number of aromatic nitrogens is 1. The topological polar surface area (TPSA) is 62.7 Å². The van der Waals surface area contributed by atoms with E-state index in [2.05, 4.69) is 9.88 Å². The quantitative estimate of drug-likeness (QED) is 0.871. The Kier molecular flexibility index (Phi) is 5.30. The van der Waals surface area contributed by atoms with Crippen molar-refractivity contribution in [3.8, 4) is 0 Å². The van der Waals surface area contributed by atoms with E-state index in [0.29, 0.717) is 37.9 Å². The second-order valence-corrected chi connectivity index (χ2v) is 6.76. The van der Waals surface area contributed by atoms with Gasteiger partial charge in [0, 0.05) is 31.8 Å². The summed E-state index contributed by atoms with van der Waals surface area (Å²) in [5.41, 5.74) is 0.712. The Balaban J connectivity index is 1.66. The smallest absolute Gasteiger partial charge is 0.309 e.